The SMILES string of the molecule is Cc1cc(N=Nc2cc(SCCCS(=O)(=O)O)c(N=Nc3cc(OCCCS(=O)(=O)O)c(N=Nc4c(C)c(C#N)c5nc6ccc(CO)cc6n5c4O)cc3C)cc2C)c(SCCCS(=O)(=O)O)cc1N=Nc1ccccc1. The lowest BCUT2D eigenvalue weighted by Crippen LogP contribution is -2.08. The summed E-state index contributed by atoms with van der Waals surface area (Å²) in [7, 11) is -12.8. The quantitative estimate of drug-likeness (QED) is 0.0162. The minimum atomic E-state index is -4.33. The summed E-state index contributed by atoms with van der Waals surface area (Å²) in [5.74, 6) is -1.33. The number of hydrogen-bond acceptors (Lipinski definition) is 21. The molecule has 0 amide bonds. The van der Waals surface area contributed by atoms with E-state index in [0.29, 0.717) is 71.7 Å². The number of imidazole rings is 1. The van der Waals surface area contributed by atoms with Gasteiger partial charge in [0.05, 0.1) is 75.6 Å². The van der Waals surface area contributed by atoms with Crippen molar-refractivity contribution in [3.63, 3.8) is 0 Å². The molecule has 7 rings (SSSR count). The number of hydrogen-bond donors (Lipinski definition) is 5. The largest absolute Gasteiger partial charge is 0.493 e. The summed E-state index contributed by atoms with van der Waals surface area (Å²) in [6.45, 7) is 6.38. The molecule has 78 heavy (non-hydrogen) atoms. The Bertz CT molecular complexity index is 3920. The summed E-state index contributed by atoms with van der Waals surface area (Å²) in [6.07, 6.45) is 0.112. The van der Waals surface area contributed by atoms with Crippen LogP contribution in [0.4, 0.5) is 45.5 Å². The number of pyridine rings is 1. The van der Waals surface area contributed by atoms with Crippen molar-refractivity contribution >= 4 is 116 Å². The Balaban J connectivity index is 1.25. The molecule has 408 valence electrons. The van der Waals surface area contributed by atoms with Crippen LogP contribution in [0.5, 0.6) is 11.6 Å². The molecule has 5 aromatic carbocycles. The van der Waals surface area contributed by atoms with Crippen molar-refractivity contribution < 1.29 is 53.9 Å². The van der Waals surface area contributed by atoms with E-state index >= 15 is 0 Å². The average Bonchev–Trinajstić information content (AvgIpc) is 3.91. The fourth-order valence-electron chi connectivity index (χ4n) is 7.50. The number of aliphatic hydroxyl groups is 1. The summed E-state index contributed by atoms with van der Waals surface area (Å²) < 4.78 is 105. The smallest absolute Gasteiger partial charge is 0.264 e. The molecule has 0 unspecified atom stereocenters. The number of benzene rings is 5. The second-order valence-electron chi connectivity index (χ2n) is 17.5. The number of aromatic hydroxyl groups is 1. The number of ether oxygens (including phenoxy) is 1. The van der Waals surface area contributed by atoms with Gasteiger partial charge < -0.3 is 14.9 Å². The molecule has 0 saturated carbocycles. The van der Waals surface area contributed by atoms with Gasteiger partial charge in [0.25, 0.3) is 30.4 Å². The van der Waals surface area contributed by atoms with Crippen molar-refractivity contribution in [2.45, 2.75) is 63.4 Å². The van der Waals surface area contributed by atoms with Gasteiger partial charge in [0.1, 0.15) is 23.1 Å². The number of azo groups is 4. The van der Waals surface area contributed by atoms with Gasteiger partial charge >= 0.3 is 0 Å². The van der Waals surface area contributed by atoms with Crippen molar-refractivity contribution in [1.82, 2.24) is 9.38 Å². The third-order valence-electron chi connectivity index (χ3n) is 11.5. The first kappa shape index (κ1) is 58.6. The average molecular weight is 1160 g/mol. The van der Waals surface area contributed by atoms with Gasteiger partial charge in [-0.15, -0.1) is 44.0 Å². The van der Waals surface area contributed by atoms with Crippen LogP contribution in [0.25, 0.3) is 16.7 Å². The van der Waals surface area contributed by atoms with Crippen molar-refractivity contribution in [3.05, 3.63) is 118 Å². The Hall–Kier alpha value is -7.07. The molecule has 23 nitrogen and oxygen atoms in total. The Labute approximate surface area is 457 Å². The van der Waals surface area contributed by atoms with Crippen LogP contribution in [0.1, 0.15) is 52.6 Å². The van der Waals surface area contributed by atoms with Gasteiger partial charge in [0.2, 0.25) is 5.88 Å². The van der Waals surface area contributed by atoms with E-state index in [2.05, 4.69) is 52.0 Å². The van der Waals surface area contributed by atoms with Gasteiger partial charge in [-0.2, -0.15) is 51.0 Å². The number of thioether (sulfide) groups is 2. The van der Waals surface area contributed by atoms with Gasteiger partial charge in [-0.3, -0.25) is 18.1 Å². The van der Waals surface area contributed by atoms with Crippen molar-refractivity contribution in [1.29, 1.82) is 5.26 Å². The van der Waals surface area contributed by atoms with Crippen LogP contribution < -0.4 is 4.74 Å². The normalized spacial score (nSPS) is 12.6. The molecule has 28 heteroatoms. The maximum absolute atomic E-state index is 11.6. The van der Waals surface area contributed by atoms with E-state index < -0.39 is 53.5 Å². The standard InChI is InChI=1S/C50H51N11O12S5/c1-30-21-41(57-60-48-33(4)36(28-51)49-52-37-14-13-34(29-62)24-44(37)61(49)50(48)63)45(73-15-8-18-76(64,65)66)25-38(30)55-58-42-23-32(3)40(27-47(42)75-17-10-20-78(70,71)72)56-59-43-22-31(2)39(54-53-35-11-6-5-7-12-35)26-46(43)74-16-9-19-77(67,68)69/h5-7,11-14,21-27,62-63H,8-10,15-20,29H2,1-4H3,(H,64,65,66)(H,67,68,69)(H,70,71,72). The maximum Gasteiger partial charge on any atom is 0.264 e. The summed E-state index contributed by atoms with van der Waals surface area (Å²) in [5.41, 5.74) is 6.41. The van der Waals surface area contributed by atoms with E-state index in [1.807, 2.05) is 25.1 Å². The molecule has 0 saturated heterocycles. The monoisotopic (exact) mass is 1160 g/mol. The third-order valence-corrected chi connectivity index (χ3v) is 16.1. The lowest BCUT2D eigenvalue weighted by molar-refractivity contribution is 0.282. The highest BCUT2D eigenvalue weighted by molar-refractivity contribution is 7.99. The van der Waals surface area contributed by atoms with Crippen LogP contribution in [0, 0.1) is 39.0 Å². The van der Waals surface area contributed by atoms with Crippen LogP contribution >= 0.6 is 23.5 Å². The zero-order valence-corrected chi connectivity index (χ0v) is 46.3. The zero-order chi connectivity index (χ0) is 56.4. The summed E-state index contributed by atoms with van der Waals surface area (Å²) in [5, 5.41) is 67.5. The number of nitriles is 1. The Kier molecular flexibility index (Phi) is 19.2. The highest BCUT2D eigenvalue weighted by atomic mass is 32.2. The van der Waals surface area contributed by atoms with Gasteiger partial charge in [0.15, 0.2) is 11.3 Å². The molecule has 0 aliphatic rings. The lowest BCUT2D eigenvalue weighted by atomic mass is 10.1. The molecule has 0 fully saturated rings. The Morgan fingerprint density at radius 1 is 0.615 bits per heavy atom. The van der Waals surface area contributed by atoms with Crippen molar-refractivity contribution in [2.75, 3.05) is 35.4 Å². The number of aliphatic hydroxyl groups excluding tert-OH is 1. The number of nitrogens with zero attached hydrogens (tertiary/aromatic N) is 11. The minimum absolute atomic E-state index is 0.0540. The first-order valence-electron chi connectivity index (χ1n) is 23.6. The minimum Gasteiger partial charge on any atom is -0.493 e. The van der Waals surface area contributed by atoms with Crippen LogP contribution in [0.2, 0.25) is 0 Å². The molecule has 5 N–H and O–H groups in total. The van der Waals surface area contributed by atoms with Gasteiger partial charge in [-0.1, -0.05) is 24.3 Å². The van der Waals surface area contributed by atoms with E-state index in [9.17, 15) is 54.4 Å². The Morgan fingerprint density at radius 2 is 1.12 bits per heavy atom. The second-order valence-corrected chi connectivity index (χ2v) is 24.4. The number of aromatic nitrogens is 2. The van der Waals surface area contributed by atoms with Crippen LogP contribution in [0.3, 0.4) is 0 Å². The molecular weight excluding hydrogens is 1110 g/mol. The topological polar surface area (TPSA) is 353 Å². The molecular formula is C50H51N11O12S5. The molecule has 0 radical (unpaired) electrons. The molecule has 0 aliphatic heterocycles. The first-order valence-corrected chi connectivity index (χ1v) is 30.4. The predicted molar refractivity (Wildman–Crippen MR) is 296 cm³/mol. The van der Waals surface area contributed by atoms with E-state index in [0.717, 1.165) is 5.56 Å². The van der Waals surface area contributed by atoms with E-state index in [1.54, 1.807) is 81.4 Å². The van der Waals surface area contributed by atoms with Crippen LogP contribution in [-0.2, 0) is 37.0 Å². The zero-order valence-electron chi connectivity index (χ0n) is 42.2. The summed E-state index contributed by atoms with van der Waals surface area (Å²) >= 11 is 2.52. The van der Waals surface area contributed by atoms with E-state index in [1.165, 1.54) is 34.0 Å². The maximum atomic E-state index is 11.6. The van der Waals surface area contributed by atoms with E-state index in [4.69, 9.17) is 4.74 Å². The van der Waals surface area contributed by atoms with Crippen LogP contribution in [-0.4, -0.2) is 93.9 Å². The number of aryl methyl sites for hydroxylation is 3. The fraction of sp³-hybridized carbons (Fsp3) is 0.280. The van der Waals surface area contributed by atoms with Crippen molar-refractivity contribution in [3.8, 4) is 17.7 Å². The van der Waals surface area contributed by atoms with E-state index in [-0.39, 0.29) is 77.8 Å². The molecule has 0 aliphatic carbocycles. The molecule has 0 bridgehead atoms. The second kappa shape index (κ2) is 25.6. The van der Waals surface area contributed by atoms with Gasteiger partial charge in [0, 0.05) is 21.4 Å². The van der Waals surface area contributed by atoms with Gasteiger partial charge in [-0.25, -0.2) is 4.98 Å². The van der Waals surface area contributed by atoms with Crippen LogP contribution in [0.15, 0.2) is 136 Å². The number of rotatable bonds is 24. The van der Waals surface area contributed by atoms with Gasteiger partial charge in [-0.05, 0) is 135 Å². The molecule has 0 spiro atoms. The molecule has 2 heterocycles. The van der Waals surface area contributed by atoms with Crippen molar-refractivity contribution in [2.24, 2.45) is 40.9 Å². The predicted octanol–water partition coefficient (Wildman–Crippen LogP) is 12.8. The Morgan fingerprint density at radius 3 is 1.65 bits per heavy atom. The molecule has 7 aromatic rings. The first-order chi connectivity index (χ1) is 37.0. The molecule has 2 aromatic heterocycles. The fourth-order valence-corrected chi connectivity index (χ4v) is 11.3. The lowest BCUT2D eigenvalue weighted by Gasteiger charge is -2.12. The number of fused-ring (bicyclic) bond motifs is 3. The highest BCUT2D eigenvalue weighted by Gasteiger charge is 2.22. The molecule has 0 atom stereocenters. The summed E-state index contributed by atoms with van der Waals surface area (Å²) in [4.78, 5) is 5.65. The highest BCUT2D eigenvalue weighted by Crippen LogP contribution is 2.44. The third kappa shape index (κ3) is 15.8. The summed E-state index contributed by atoms with van der Waals surface area (Å²) in [6, 6.07) is 26.2.